The third-order valence-electron chi connectivity index (χ3n) is 3.63. The maximum Gasteiger partial charge on any atom is 0.308 e. The van der Waals surface area contributed by atoms with Crippen molar-refractivity contribution >= 4 is 23.5 Å². The van der Waals surface area contributed by atoms with E-state index in [0.717, 1.165) is 0 Å². The van der Waals surface area contributed by atoms with E-state index in [1.807, 2.05) is 13.8 Å². The summed E-state index contributed by atoms with van der Waals surface area (Å²) < 4.78 is 5.24. The number of nitrogens with zero attached hydrogens (tertiary/aromatic N) is 2. The summed E-state index contributed by atoms with van der Waals surface area (Å²) in [7, 11) is 0. The van der Waals surface area contributed by atoms with E-state index >= 15 is 0 Å². The average molecular weight is 327 g/mol. The van der Waals surface area contributed by atoms with Gasteiger partial charge in [0.25, 0.3) is 5.91 Å². The molecule has 7 heteroatoms. The van der Waals surface area contributed by atoms with E-state index in [9.17, 15) is 14.7 Å². The quantitative estimate of drug-likeness (QED) is 0.918. The lowest BCUT2D eigenvalue weighted by Gasteiger charge is -2.34. The van der Waals surface area contributed by atoms with Gasteiger partial charge < -0.3 is 14.7 Å². The molecule has 0 saturated carbocycles. The number of hydrogen-bond acceptors (Lipinski definition) is 4. The summed E-state index contributed by atoms with van der Waals surface area (Å²) in [5, 5.41) is 9.45. The van der Waals surface area contributed by atoms with E-state index in [1.54, 1.807) is 4.90 Å². The molecule has 1 aromatic rings. The van der Waals surface area contributed by atoms with Crippen LogP contribution in [0.1, 0.15) is 30.6 Å². The number of ether oxygens (including phenoxy) is 1. The minimum absolute atomic E-state index is 0.143. The molecule has 1 N–H and O–H groups in total. The fourth-order valence-corrected chi connectivity index (χ4v) is 2.89. The number of carbonyl (C=O) groups excluding carboxylic acids is 1. The lowest BCUT2D eigenvalue weighted by Crippen LogP contribution is -2.45. The summed E-state index contributed by atoms with van der Waals surface area (Å²) in [4.78, 5) is 29.3. The zero-order valence-corrected chi connectivity index (χ0v) is 13.3. The Morgan fingerprint density at radius 3 is 2.82 bits per heavy atom. The smallest absolute Gasteiger partial charge is 0.308 e. The van der Waals surface area contributed by atoms with Crippen LogP contribution in [0.4, 0.5) is 0 Å². The Labute approximate surface area is 134 Å². The highest BCUT2D eigenvalue weighted by molar-refractivity contribution is 6.32. The van der Waals surface area contributed by atoms with Crippen LogP contribution >= 0.6 is 11.6 Å². The van der Waals surface area contributed by atoms with Gasteiger partial charge in [0.15, 0.2) is 0 Å². The van der Waals surface area contributed by atoms with E-state index in [1.165, 1.54) is 12.3 Å². The van der Waals surface area contributed by atoms with Gasteiger partial charge in [-0.25, -0.2) is 4.98 Å². The Balaban J connectivity index is 2.16. The second kappa shape index (κ2) is 6.96. The average Bonchev–Trinajstić information content (AvgIpc) is 2.48. The first kappa shape index (κ1) is 16.5. The molecule has 0 spiro atoms. The van der Waals surface area contributed by atoms with Crippen LogP contribution in [-0.2, 0) is 4.79 Å². The number of aliphatic carboxylic acids is 1. The first-order valence-corrected chi connectivity index (χ1v) is 7.60. The van der Waals surface area contributed by atoms with Gasteiger partial charge in [0, 0.05) is 19.3 Å². The monoisotopic (exact) mass is 326 g/mol. The van der Waals surface area contributed by atoms with Crippen molar-refractivity contribution in [3.8, 4) is 5.88 Å². The molecule has 2 heterocycles. The maximum absolute atomic E-state index is 12.5. The summed E-state index contributed by atoms with van der Waals surface area (Å²) in [5.74, 6) is -1.22. The van der Waals surface area contributed by atoms with Gasteiger partial charge in [0.1, 0.15) is 5.02 Å². The largest absolute Gasteiger partial charge is 0.481 e. The fourth-order valence-electron chi connectivity index (χ4n) is 2.66. The van der Waals surface area contributed by atoms with Crippen molar-refractivity contribution in [3.63, 3.8) is 0 Å². The van der Waals surface area contributed by atoms with E-state index in [0.29, 0.717) is 25.1 Å². The fraction of sp³-hybridized carbons (Fsp3) is 0.533. The number of carboxylic acid groups (broad SMARTS) is 1. The third-order valence-corrected chi connectivity index (χ3v) is 3.90. The molecule has 6 nitrogen and oxygen atoms in total. The predicted octanol–water partition coefficient (Wildman–Crippen LogP) is 2.32. The number of rotatable bonds is 4. The number of halogens is 1. The molecule has 0 aromatic carbocycles. The number of amides is 1. The Bertz CT molecular complexity index is 579. The zero-order chi connectivity index (χ0) is 16.3. The lowest BCUT2D eigenvalue weighted by molar-refractivity contribution is -0.143. The Hall–Kier alpha value is -1.82. The lowest BCUT2D eigenvalue weighted by atomic mass is 9.90. The normalized spacial score (nSPS) is 21.5. The van der Waals surface area contributed by atoms with Gasteiger partial charge in [0.2, 0.25) is 5.88 Å². The van der Waals surface area contributed by atoms with Crippen LogP contribution in [0.15, 0.2) is 12.3 Å². The third kappa shape index (κ3) is 3.68. The van der Waals surface area contributed by atoms with Crippen LogP contribution < -0.4 is 4.74 Å². The molecule has 1 fully saturated rings. The minimum Gasteiger partial charge on any atom is -0.481 e. The van der Waals surface area contributed by atoms with Gasteiger partial charge in [-0.3, -0.25) is 9.59 Å². The van der Waals surface area contributed by atoms with Crippen molar-refractivity contribution < 1.29 is 19.4 Å². The zero-order valence-electron chi connectivity index (χ0n) is 12.6. The molecule has 1 saturated heterocycles. The highest BCUT2D eigenvalue weighted by Crippen LogP contribution is 2.26. The van der Waals surface area contributed by atoms with Crippen LogP contribution in [0.2, 0.25) is 5.02 Å². The molecule has 120 valence electrons. The number of carboxylic acids is 1. The number of piperidine rings is 1. The number of hydrogen-bond donors (Lipinski definition) is 1. The highest BCUT2D eigenvalue weighted by Gasteiger charge is 2.32. The summed E-state index contributed by atoms with van der Waals surface area (Å²) in [6, 6.07) is 1.51. The predicted molar refractivity (Wildman–Crippen MR) is 81.2 cm³/mol. The second-order valence-electron chi connectivity index (χ2n) is 5.53. The van der Waals surface area contributed by atoms with E-state index in [2.05, 4.69) is 4.98 Å². The summed E-state index contributed by atoms with van der Waals surface area (Å²) >= 11 is 6.05. The van der Waals surface area contributed by atoms with E-state index in [4.69, 9.17) is 16.3 Å². The van der Waals surface area contributed by atoms with Crippen molar-refractivity contribution in [3.05, 3.63) is 22.8 Å². The standard InChI is InChI=1S/C15H19ClN2O4/c1-3-22-13-12(16)5-10(6-17-13)14(19)18-7-9(2)4-11(8-18)15(20)21/h5-6,9,11H,3-4,7-8H2,1-2H3,(H,20,21). The summed E-state index contributed by atoms with van der Waals surface area (Å²) in [6.07, 6.45) is 2.00. The number of aromatic nitrogens is 1. The van der Waals surface area contributed by atoms with E-state index in [-0.39, 0.29) is 29.3 Å². The molecule has 22 heavy (non-hydrogen) atoms. The maximum atomic E-state index is 12.5. The Kier molecular flexibility index (Phi) is 5.24. The molecule has 1 aliphatic rings. The number of likely N-dealkylation sites (tertiary alicyclic amines) is 1. The number of pyridine rings is 1. The van der Waals surface area contributed by atoms with Gasteiger partial charge >= 0.3 is 5.97 Å². The molecule has 2 atom stereocenters. The highest BCUT2D eigenvalue weighted by atomic mass is 35.5. The molecule has 1 aliphatic heterocycles. The molecule has 2 unspecified atom stereocenters. The van der Waals surface area contributed by atoms with Crippen molar-refractivity contribution in [2.24, 2.45) is 11.8 Å². The molecule has 1 amide bonds. The summed E-state index contributed by atoms with van der Waals surface area (Å²) in [6.45, 7) is 4.94. The van der Waals surface area contributed by atoms with Crippen molar-refractivity contribution in [1.29, 1.82) is 0 Å². The second-order valence-corrected chi connectivity index (χ2v) is 5.94. The van der Waals surface area contributed by atoms with Crippen LogP contribution in [0, 0.1) is 11.8 Å². The number of carbonyl (C=O) groups is 2. The minimum atomic E-state index is -0.868. The van der Waals surface area contributed by atoms with Crippen LogP contribution in [0.25, 0.3) is 0 Å². The van der Waals surface area contributed by atoms with Crippen molar-refractivity contribution in [1.82, 2.24) is 9.88 Å². The van der Waals surface area contributed by atoms with Crippen LogP contribution in [-0.4, -0.2) is 46.6 Å². The summed E-state index contributed by atoms with van der Waals surface area (Å²) in [5.41, 5.74) is 0.340. The molecule has 2 rings (SSSR count). The van der Waals surface area contributed by atoms with Crippen molar-refractivity contribution in [2.75, 3.05) is 19.7 Å². The molecule has 0 aliphatic carbocycles. The molecule has 0 bridgehead atoms. The van der Waals surface area contributed by atoms with E-state index < -0.39 is 11.9 Å². The van der Waals surface area contributed by atoms with Gasteiger partial charge in [-0.2, -0.15) is 0 Å². The SMILES string of the molecule is CCOc1ncc(C(=O)N2CC(C)CC(C(=O)O)C2)cc1Cl. The Morgan fingerprint density at radius 1 is 1.50 bits per heavy atom. The Morgan fingerprint density at radius 2 is 2.23 bits per heavy atom. The van der Waals surface area contributed by atoms with Crippen LogP contribution in [0.5, 0.6) is 5.88 Å². The van der Waals surface area contributed by atoms with Crippen molar-refractivity contribution in [2.45, 2.75) is 20.3 Å². The van der Waals surface area contributed by atoms with Crippen LogP contribution in [0.3, 0.4) is 0 Å². The first-order valence-electron chi connectivity index (χ1n) is 7.22. The van der Waals surface area contributed by atoms with Gasteiger partial charge in [-0.1, -0.05) is 18.5 Å². The topological polar surface area (TPSA) is 79.7 Å². The molecular weight excluding hydrogens is 308 g/mol. The molecule has 0 radical (unpaired) electrons. The van der Waals surface area contributed by atoms with Gasteiger partial charge in [0.05, 0.1) is 18.1 Å². The molecular formula is C15H19ClN2O4. The van der Waals surface area contributed by atoms with Gasteiger partial charge in [-0.05, 0) is 25.3 Å². The van der Waals surface area contributed by atoms with Gasteiger partial charge in [-0.15, -0.1) is 0 Å². The first-order chi connectivity index (χ1) is 10.4. The molecule has 1 aromatic heterocycles.